The quantitative estimate of drug-likeness (QED) is 0.504. The van der Waals surface area contributed by atoms with Crippen LogP contribution in [0.25, 0.3) is 22.5 Å². The average molecular weight is 384 g/mol. The Bertz CT molecular complexity index is 1230. The molecule has 0 unspecified atom stereocenters. The SMILES string of the molecule is Cc1cc(C)cc(Cc2ncc(-c3cc(C)cc(-c4c(C)cc[nH]c4=O)c3)o2)c1. The van der Waals surface area contributed by atoms with Crippen LogP contribution in [0, 0.1) is 27.7 Å². The topological polar surface area (TPSA) is 58.9 Å². The van der Waals surface area contributed by atoms with Crippen molar-refractivity contribution in [2.45, 2.75) is 34.1 Å². The van der Waals surface area contributed by atoms with Crippen LogP contribution in [-0.4, -0.2) is 9.97 Å². The number of pyridine rings is 1. The van der Waals surface area contributed by atoms with Crippen LogP contribution in [0.5, 0.6) is 0 Å². The summed E-state index contributed by atoms with van der Waals surface area (Å²) in [7, 11) is 0. The number of aryl methyl sites for hydroxylation is 4. The van der Waals surface area contributed by atoms with E-state index in [1.165, 1.54) is 16.7 Å². The summed E-state index contributed by atoms with van der Waals surface area (Å²) in [5, 5.41) is 0. The van der Waals surface area contributed by atoms with Crippen molar-refractivity contribution in [2.24, 2.45) is 0 Å². The van der Waals surface area contributed by atoms with Gasteiger partial charge in [0.15, 0.2) is 11.7 Å². The normalized spacial score (nSPS) is 11.0. The third-order valence-corrected chi connectivity index (χ3v) is 5.01. The molecule has 146 valence electrons. The number of aromatic nitrogens is 2. The van der Waals surface area contributed by atoms with Crippen LogP contribution in [0.3, 0.4) is 0 Å². The van der Waals surface area contributed by atoms with Gasteiger partial charge in [0.1, 0.15) is 0 Å². The summed E-state index contributed by atoms with van der Waals surface area (Å²) in [6, 6.07) is 14.5. The van der Waals surface area contributed by atoms with E-state index in [0.717, 1.165) is 22.3 Å². The summed E-state index contributed by atoms with van der Waals surface area (Å²) in [5.41, 5.74) is 8.06. The lowest BCUT2D eigenvalue weighted by Crippen LogP contribution is -2.09. The molecule has 0 radical (unpaired) electrons. The van der Waals surface area contributed by atoms with Gasteiger partial charge in [-0.3, -0.25) is 4.79 Å². The molecule has 29 heavy (non-hydrogen) atoms. The van der Waals surface area contributed by atoms with Crippen molar-refractivity contribution in [1.82, 2.24) is 9.97 Å². The van der Waals surface area contributed by atoms with Gasteiger partial charge in [-0.15, -0.1) is 0 Å². The van der Waals surface area contributed by atoms with Crippen LogP contribution < -0.4 is 5.56 Å². The van der Waals surface area contributed by atoms with Gasteiger partial charge in [0.25, 0.3) is 5.56 Å². The minimum atomic E-state index is -0.0883. The zero-order valence-electron chi connectivity index (χ0n) is 17.2. The van der Waals surface area contributed by atoms with E-state index in [-0.39, 0.29) is 5.56 Å². The number of nitrogens with one attached hydrogen (secondary N) is 1. The number of rotatable bonds is 4. The van der Waals surface area contributed by atoms with Crippen LogP contribution in [0.4, 0.5) is 0 Å². The Kier molecular flexibility index (Phi) is 4.93. The third-order valence-electron chi connectivity index (χ3n) is 5.01. The van der Waals surface area contributed by atoms with Gasteiger partial charge < -0.3 is 9.40 Å². The van der Waals surface area contributed by atoms with E-state index in [2.05, 4.69) is 48.1 Å². The summed E-state index contributed by atoms with van der Waals surface area (Å²) in [6.07, 6.45) is 4.09. The Morgan fingerprint density at radius 3 is 2.31 bits per heavy atom. The Balaban J connectivity index is 1.69. The predicted molar refractivity (Wildman–Crippen MR) is 116 cm³/mol. The maximum Gasteiger partial charge on any atom is 0.256 e. The molecule has 0 fully saturated rings. The molecule has 4 nitrogen and oxygen atoms in total. The summed E-state index contributed by atoms with van der Waals surface area (Å²) in [6.45, 7) is 8.16. The minimum Gasteiger partial charge on any atom is -0.440 e. The highest BCUT2D eigenvalue weighted by Gasteiger charge is 2.13. The maximum absolute atomic E-state index is 12.4. The average Bonchev–Trinajstić information content (AvgIpc) is 3.09. The van der Waals surface area contributed by atoms with Gasteiger partial charge in [-0.1, -0.05) is 35.4 Å². The fourth-order valence-electron chi connectivity index (χ4n) is 3.88. The standard InChI is InChI=1S/C25H24N2O2/c1-15-7-16(2)9-19(8-15)12-23-27-14-22(29-23)20-10-17(3)11-21(13-20)24-18(4)5-6-26-25(24)28/h5-11,13-14H,12H2,1-4H3,(H,26,28). The lowest BCUT2D eigenvalue weighted by molar-refractivity contribution is 0.519. The van der Waals surface area contributed by atoms with Crippen LogP contribution in [0.1, 0.15) is 33.7 Å². The predicted octanol–water partition coefficient (Wildman–Crippen LogP) is 5.52. The number of aromatic amines is 1. The monoisotopic (exact) mass is 384 g/mol. The molecular weight excluding hydrogens is 360 g/mol. The first kappa shape index (κ1) is 18.9. The second kappa shape index (κ2) is 7.55. The molecule has 0 aliphatic rings. The van der Waals surface area contributed by atoms with Crippen LogP contribution in [-0.2, 0) is 6.42 Å². The summed E-state index contributed by atoms with van der Waals surface area (Å²) < 4.78 is 6.06. The Labute approximate surface area is 170 Å². The van der Waals surface area contributed by atoms with Gasteiger partial charge in [0, 0.05) is 23.7 Å². The number of oxazole rings is 1. The fraction of sp³-hybridized carbons (Fsp3) is 0.200. The van der Waals surface area contributed by atoms with Crippen molar-refractivity contribution in [2.75, 3.05) is 0 Å². The van der Waals surface area contributed by atoms with Gasteiger partial charge in [0.2, 0.25) is 0 Å². The molecule has 0 aliphatic carbocycles. The van der Waals surface area contributed by atoms with E-state index >= 15 is 0 Å². The lowest BCUT2D eigenvalue weighted by Gasteiger charge is -2.08. The van der Waals surface area contributed by atoms with Crippen molar-refractivity contribution < 1.29 is 4.42 Å². The number of H-pyrrole nitrogens is 1. The molecule has 0 aliphatic heterocycles. The van der Waals surface area contributed by atoms with E-state index in [4.69, 9.17) is 4.42 Å². The van der Waals surface area contributed by atoms with Crippen molar-refractivity contribution in [3.05, 3.63) is 98.9 Å². The van der Waals surface area contributed by atoms with Crippen molar-refractivity contribution in [3.63, 3.8) is 0 Å². The highest BCUT2D eigenvalue weighted by Crippen LogP contribution is 2.29. The largest absolute Gasteiger partial charge is 0.440 e. The van der Waals surface area contributed by atoms with Gasteiger partial charge >= 0.3 is 0 Å². The van der Waals surface area contributed by atoms with Gasteiger partial charge in [-0.2, -0.15) is 0 Å². The first-order valence-electron chi connectivity index (χ1n) is 9.71. The smallest absolute Gasteiger partial charge is 0.256 e. The Morgan fingerprint density at radius 2 is 1.59 bits per heavy atom. The third kappa shape index (κ3) is 4.06. The van der Waals surface area contributed by atoms with Crippen molar-refractivity contribution >= 4 is 0 Å². The van der Waals surface area contributed by atoms with Gasteiger partial charge in [0.05, 0.1) is 6.20 Å². The zero-order chi connectivity index (χ0) is 20.5. The maximum atomic E-state index is 12.4. The molecule has 0 saturated heterocycles. The molecule has 1 N–H and O–H groups in total. The summed E-state index contributed by atoms with van der Waals surface area (Å²) in [5.74, 6) is 1.39. The van der Waals surface area contributed by atoms with E-state index in [1.54, 1.807) is 12.4 Å². The van der Waals surface area contributed by atoms with Gasteiger partial charge in [-0.25, -0.2) is 4.98 Å². The zero-order valence-corrected chi connectivity index (χ0v) is 17.2. The molecule has 2 heterocycles. The number of hydrogen-bond acceptors (Lipinski definition) is 3. The van der Waals surface area contributed by atoms with E-state index < -0.39 is 0 Å². The lowest BCUT2D eigenvalue weighted by atomic mass is 9.97. The van der Waals surface area contributed by atoms with Crippen molar-refractivity contribution in [3.8, 4) is 22.5 Å². The van der Waals surface area contributed by atoms with Crippen molar-refractivity contribution in [1.29, 1.82) is 0 Å². The Hall–Kier alpha value is -3.40. The van der Waals surface area contributed by atoms with E-state index in [1.807, 2.05) is 32.0 Å². The van der Waals surface area contributed by atoms with Gasteiger partial charge in [-0.05, 0) is 68.1 Å². The molecule has 0 bridgehead atoms. The first-order chi connectivity index (χ1) is 13.9. The molecule has 4 aromatic rings. The number of nitrogens with zero attached hydrogens (tertiary/aromatic N) is 1. The van der Waals surface area contributed by atoms with E-state index in [0.29, 0.717) is 23.6 Å². The molecule has 0 spiro atoms. The molecule has 2 aromatic heterocycles. The summed E-state index contributed by atoms with van der Waals surface area (Å²) in [4.78, 5) is 19.6. The Morgan fingerprint density at radius 1 is 0.897 bits per heavy atom. The van der Waals surface area contributed by atoms with Crippen LogP contribution >= 0.6 is 0 Å². The molecule has 0 atom stereocenters. The molecule has 4 rings (SSSR count). The summed E-state index contributed by atoms with van der Waals surface area (Å²) >= 11 is 0. The van der Waals surface area contributed by atoms with Crippen LogP contribution in [0.15, 0.2) is 64.1 Å². The molecule has 2 aromatic carbocycles. The van der Waals surface area contributed by atoms with Crippen LogP contribution in [0.2, 0.25) is 0 Å². The highest BCUT2D eigenvalue weighted by atomic mass is 16.4. The second-order valence-corrected chi connectivity index (χ2v) is 7.74. The highest BCUT2D eigenvalue weighted by molar-refractivity contribution is 5.73. The fourth-order valence-corrected chi connectivity index (χ4v) is 3.88. The second-order valence-electron chi connectivity index (χ2n) is 7.74. The minimum absolute atomic E-state index is 0.0883. The van der Waals surface area contributed by atoms with E-state index in [9.17, 15) is 4.79 Å². The molecule has 0 saturated carbocycles. The number of benzene rings is 2. The molecule has 4 heteroatoms. The first-order valence-corrected chi connectivity index (χ1v) is 9.71. The number of hydrogen-bond donors (Lipinski definition) is 1. The molecule has 0 amide bonds. The molecular formula is C25H24N2O2.